The van der Waals surface area contributed by atoms with Crippen LogP contribution in [0, 0.1) is 17.7 Å². The zero-order chi connectivity index (χ0) is 11.5. The highest BCUT2D eigenvalue weighted by atomic mass is 19.1. The zero-order valence-corrected chi connectivity index (χ0v) is 9.58. The molecule has 2 nitrogen and oxygen atoms in total. The average Bonchev–Trinajstić information content (AvgIpc) is 3.10. The summed E-state index contributed by atoms with van der Waals surface area (Å²) in [6.07, 6.45) is 3.43. The van der Waals surface area contributed by atoms with Crippen molar-refractivity contribution in [2.75, 3.05) is 13.7 Å². The molecule has 2 N–H and O–H groups in total. The molecule has 0 saturated heterocycles. The second-order valence-corrected chi connectivity index (χ2v) is 4.51. The molecule has 1 atom stereocenters. The molecule has 1 fully saturated rings. The highest BCUT2D eigenvalue weighted by molar-refractivity contribution is 5.29. The maximum atomic E-state index is 13.5. The Bertz CT molecular complexity index is 363. The van der Waals surface area contributed by atoms with E-state index in [2.05, 4.69) is 0 Å². The van der Waals surface area contributed by atoms with Gasteiger partial charge in [-0.1, -0.05) is 6.07 Å². The third-order valence-corrected chi connectivity index (χ3v) is 3.31. The maximum Gasteiger partial charge on any atom is 0.165 e. The molecule has 0 radical (unpaired) electrons. The van der Waals surface area contributed by atoms with E-state index < -0.39 is 0 Å². The first-order chi connectivity index (χ1) is 7.74. The third kappa shape index (κ3) is 2.53. The number of halogens is 1. The van der Waals surface area contributed by atoms with Crippen molar-refractivity contribution in [1.82, 2.24) is 0 Å². The van der Waals surface area contributed by atoms with Crippen LogP contribution in [0.4, 0.5) is 4.39 Å². The van der Waals surface area contributed by atoms with E-state index >= 15 is 0 Å². The first-order valence-corrected chi connectivity index (χ1v) is 5.77. The van der Waals surface area contributed by atoms with Gasteiger partial charge in [0, 0.05) is 0 Å². The molecule has 0 spiro atoms. The summed E-state index contributed by atoms with van der Waals surface area (Å²) in [5.41, 5.74) is 6.75. The van der Waals surface area contributed by atoms with Crippen molar-refractivity contribution < 1.29 is 9.13 Å². The first-order valence-electron chi connectivity index (χ1n) is 5.77. The van der Waals surface area contributed by atoms with Crippen LogP contribution in [0.25, 0.3) is 0 Å². The highest BCUT2D eigenvalue weighted by Gasteiger charge is 2.30. The molecule has 1 aromatic rings. The van der Waals surface area contributed by atoms with Gasteiger partial charge < -0.3 is 10.5 Å². The van der Waals surface area contributed by atoms with Gasteiger partial charge in [0.1, 0.15) is 0 Å². The topological polar surface area (TPSA) is 35.2 Å². The van der Waals surface area contributed by atoms with Crippen LogP contribution in [0.5, 0.6) is 5.75 Å². The fraction of sp³-hybridized carbons (Fsp3) is 0.538. The van der Waals surface area contributed by atoms with Crippen LogP contribution in [0.3, 0.4) is 0 Å². The summed E-state index contributed by atoms with van der Waals surface area (Å²) in [4.78, 5) is 0. The molecular formula is C13H18FNO. The lowest BCUT2D eigenvalue weighted by Gasteiger charge is -2.14. The molecule has 1 aliphatic rings. The van der Waals surface area contributed by atoms with Gasteiger partial charge in [0.05, 0.1) is 7.11 Å². The van der Waals surface area contributed by atoms with Gasteiger partial charge in [0.2, 0.25) is 0 Å². The molecule has 3 heteroatoms. The Balaban J connectivity index is 2.05. The minimum atomic E-state index is -0.286. The lowest BCUT2D eigenvalue weighted by Crippen LogP contribution is -2.18. The van der Waals surface area contributed by atoms with E-state index in [1.807, 2.05) is 6.07 Å². The summed E-state index contributed by atoms with van der Waals surface area (Å²) in [6.45, 7) is 0.693. The minimum absolute atomic E-state index is 0.286. The predicted molar refractivity (Wildman–Crippen MR) is 61.9 cm³/mol. The molecule has 88 valence electrons. The van der Waals surface area contributed by atoms with Crippen LogP contribution in [-0.4, -0.2) is 13.7 Å². The fourth-order valence-electron chi connectivity index (χ4n) is 2.15. The summed E-state index contributed by atoms with van der Waals surface area (Å²) in [5.74, 6) is 1.29. The second kappa shape index (κ2) is 4.83. The monoisotopic (exact) mass is 223 g/mol. The Kier molecular flexibility index (Phi) is 3.44. The number of rotatable bonds is 5. The van der Waals surface area contributed by atoms with Gasteiger partial charge in [-0.25, -0.2) is 4.39 Å². The van der Waals surface area contributed by atoms with Crippen molar-refractivity contribution in [2.24, 2.45) is 17.6 Å². The van der Waals surface area contributed by atoms with Gasteiger partial charge in [-0.05, 0) is 55.3 Å². The van der Waals surface area contributed by atoms with Gasteiger partial charge in [-0.15, -0.1) is 0 Å². The summed E-state index contributed by atoms with van der Waals surface area (Å²) in [7, 11) is 1.48. The van der Waals surface area contributed by atoms with Crippen LogP contribution < -0.4 is 10.5 Å². The van der Waals surface area contributed by atoms with Crippen LogP contribution in [0.1, 0.15) is 18.4 Å². The van der Waals surface area contributed by atoms with Gasteiger partial charge in [0.15, 0.2) is 11.6 Å². The van der Waals surface area contributed by atoms with Gasteiger partial charge in [0.25, 0.3) is 0 Å². The van der Waals surface area contributed by atoms with Crippen LogP contribution in [0.2, 0.25) is 0 Å². The molecule has 1 aromatic carbocycles. The lowest BCUT2D eigenvalue weighted by molar-refractivity contribution is 0.385. The smallest absolute Gasteiger partial charge is 0.165 e. The van der Waals surface area contributed by atoms with E-state index in [4.69, 9.17) is 10.5 Å². The van der Waals surface area contributed by atoms with Crippen molar-refractivity contribution in [3.8, 4) is 5.75 Å². The number of nitrogens with two attached hydrogens (primary N) is 1. The third-order valence-electron chi connectivity index (χ3n) is 3.31. The lowest BCUT2D eigenvalue weighted by atomic mass is 9.95. The van der Waals surface area contributed by atoms with Crippen molar-refractivity contribution in [1.29, 1.82) is 0 Å². The summed E-state index contributed by atoms with van der Waals surface area (Å²) < 4.78 is 18.4. The number of hydrogen-bond acceptors (Lipinski definition) is 2. The molecule has 0 aromatic heterocycles. The van der Waals surface area contributed by atoms with E-state index in [1.165, 1.54) is 20.0 Å². The molecule has 0 amide bonds. The summed E-state index contributed by atoms with van der Waals surface area (Å²) in [6, 6.07) is 5.17. The predicted octanol–water partition coefficient (Wildman–Crippen LogP) is 2.36. The number of benzene rings is 1. The van der Waals surface area contributed by atoms with Crippen LogP contribution >= 0.6 is 0 Å². The molecule has 0 bridgehead atoms. The van der Waals surface area contributed by atoms with E-state index in [-0.39, 0.29) is 5.82 Å². The molecule has 16 heavy (non-hydrogen) atoms. The SMILES string of the molecule is COc1ccc(CC(CN)C2CC2)cc1F. The highest BCUT2D eigenvalue weighted by Crippen LogP contribution is 2.38. The molecule has 1 saturated carbocycles. The minimum Gasteiger partial charge on any atom is -0.494 e. The Morgan fingerprint density at radius 1 is 1.50 bits per heavy atom. The Morgan fingerprint density at radius 2 is 2.25 bits per heavy atom. The molecule has 2 rings (SSSR count). The van der Waals surface area contributed by atoms with Crippen LogP contribution in [-0.2, 0) is 6.42 Å². The molecule has 0 aliphatic heterocycles. The van der Waals surface area contributed by atoms with Crippen molar-refractivity contribution in [3.63, 3.8) is 0 Å². The molecule has 1 aliphatic carbocycles. The first kappa shape index (κ1) is 11.4. The normalized spacial score (nSPS) is 17.2. The second-order valence-electron chi connectivity index (χ2n) is 4.51. The van der Waals surface area contributed by atoms with E-state index in [9.17, 15) is 4.39 Å². The summed E-state index contributed by atoms with van der Waals surface area (Å²) in [5, 5.41) is 0. The van der Waals surface area contributed by atoms with Crippen molar-refractivity contribution in [2.45, 2.75) is 19.3 Å². The Hall–Kier alpha value is -1.09. The number of ether oxygens (including phenoxy) is 1. The number of hydrogen-bond donors (Lipinski definition) is 1. The quantitative estimate of drug-likeness (QED) is 0.831. The van der Waals surface area contributed by atoms with Crippen molar-refractivity contribution in [3.05, 3.63) is 29.6 Å². The Morgan fingerprint density at radius 3 is 2.75 bits per heavy atom. The molecule has 1 unspecified atom stereocenters. The fourth-order valence-corrected chi connectivity index (χ4v) is 2.15. The van der Waals surface area contributed by atoms with E-state index in [0.29, 0.717) is 18.2 Å². The van der Waals surface area contributed by atoms with Gasteiger partial charge >= 0.3 is 0 Å². The largest absolute Gasteiger partial charge is 0.494 e. The van der Waals surface area contributed by atoms with Gasteiger partial charge in [-0.2, -0.15) is 0 Å². The standard InChI is InChI=1S/C13H18FNO/c1-16-13-5-2-9(7-12(13)14)6-11(8-15)10-3-4-10/h2,5,7,10-11H,3-4,6,8,15H2,1H3. The van der Waals surface area contributed by atoms with Gasteiger partial charge in [-0.3, -0.25) is 0 Å². The Labute approximate surface area is 95.6 Å². The van der Waals surface area contributed by atoms with E-state index in [1.54, 1.807) is 12.1 Å². The molecular weight excluding hydrogens is 205 g/mol. The average molecular weight is 223 g/mol. The molecule has 0 heterocycles. The van der Waals surface area contributed by atoms with E-state index in [0.717, 1.165) is 17.9 Å². The summed E-state index contributed by atoms with van der Waals surface area (Å²) >= 11 is 0. The maximum absolute atomic E-state index is 13.5. The zero-order valence-electron chi connectivity index (χ0n) is 9.58. The number of methoxy groups -OCH3 is 1. The van der Waals surface area contributed by atoms with Crippen LogP contribution in [0.15, 0.2) is 18.2 Å². The van der Waals surface area contributed by atoms with Crippen molar-refractivity contribution >= 4 is 0 Å².